The molecule has 0 spiro atoms. The normalized spacial score (nSPS) is 11.4. The first-order valence-corrected chi connectivity index (χ1v) is 13.0. The molecule has 36 heavy (non-hydrogen) atoms. The lowest BCUT2D eigenvalue weighted by Crippen LogP contribution is -2.44. The number of carboxylic acid groups (broad SMARTS) is 1. The average molecular weight is 577 g/mol. The highest BCUT2D eigenvalue weighted by molar-refractivity contribution is 7.91. The molecule has 13 nitrogen and oxygen atoms in total. The molecule has 0 saturated carbocycles. The number of carbonyl (C=O) groups excluding carboxylic acids is 1. The van der Waals surface area contributed by atoms with Crippen LogP contribution < -0.4 is 16.0 Å². The highest BCUT2D eigenvalue weighted by atomic mass is 35.5. The van der Waals surface area contributed by atoms with Gasteiger partial charge in [0.15, 0.2) is 0 Å². The Kier molecular flexibility index (Phi) is 8.63. The minimum absolute atomic E-state index is 0.177. The number of sulfonamides is 1. The van der Waals surface area contributed by atoms with Crippen LogP contribution in [0.3, 0.4) is 0 Å². The van der Waals surface area contributed by atoms with E-state index in [9.17, 15) is 27.6 Å². The summed E-state index contributed by atoms with van der Waals surface area (Å²) in [4.78, 5) is 50.2. The van der Waals surface area contributed by atoms with Gasteiger partial charge in [-0.05, 0) is 25.1 Å². The number of aryl methyl sites for hydroxylation is 1. The van der Waals surface area contributed by atoms with Crippen molar-refractivity contribution in [2.24, 2.45) is 0 Å². The average Bonchev–Trinajstić information content (AvgIpc) is 3.27. The van der Waals surface area contributed by atoms with Gasteiger partial charge in [0.05, 0.1) is 5.02 Å². The number of rotatable bonds is 10. The Bertz CT molecular complexity index is 1530. The number of hydrogen-bond donors (Lipinski definition) is 3. The van der Waals surface area contributed by atoms with Crippen molar-refractivity contribution in [1.82, 2.24) is 29.4 Å². The van der Waals surface area contributed by atoms with Crippen LogP contribution in [0.4, 0.5) is 0 Å². The fraction of sp³-hybridized carbons (Fsp3) is 0.263. The minimum atomic E-state index is -4.15. The molecule has 0 atom stereocenters. The number of aromatic amines is 1. The van der Waals surface area contributed by atoms with Crippen LogP contribution in [-0.4, -0.2) is 69.7 Å². The fourth-order valence-corrected chi connectivity index (χ4v) is 5.56. The minimum Gasteiger partial charge on any atom is -0.480 e. The van der Waals surface area contributed by atoms with E-state index in [0.29, 0.717) is 10.6 Å². The quantitative estimate of drug-likeness (QED) is 0.310. The van der Waals surface area contributed by atoms with Gasteiger partial charge >= 0.3 is 11.7 Å². The molecule has 17 heteroatoms. The van der Waals surface area contributed by atoms with Gasteiger partial charge in [-0.3, -0.25) is 23.9 Å². The van der Waals surface area contributed by atoms with E-state index >= 15 is 0 Å². The summed E-state index contributed by atoms with van der Waals surface area (Å²) < 4.78 is 28.1. The van der Waals surface area contributed by atoms with Gasteiger partial charge in [0.25, 0.3) is 15.6 Å². The van der Waals surface area contributed by atoms with Crippen LogP contribution in [0.2, 0.25) is 10.0 Å². The van der Waals surface area contributed by atoms with Crippen molar-refractivity contribution in [1.29, 1.82) is 0 Å². The van der Waals surface area contributed by atoms with Crippen molar-refractivity contribution in [2.75, 3.05) is 19.6 Å². The molecule has 0 aliphatic rings. The molecule has 0 unspecified atom stereocenters. The molecule has 0 aliphatic carbocycles. The van der Waals surface area contributed by atoms with Gasteiger partial charge in [-0.1, -0.05) is 34.5 Å². The number of amides is 1. The van der Waals surface area contributed by atoms with Gasteiger partial charge in [-0.2, -0.15) is 0 Å². The zero-order valence-corrected chi connectivity index (χ0v) is 21.5. The largest absolute Gasteiger partial charge is 0.480 e. The third-order valence-corrected chi connectivity index (χ3v) is 7.98. The highest BCUT2D eigenvalue weighted by Crippen LogP contribution is 2.33. The lowest BCUT2D eigenvalue weighted by Gasteiger charge is -2.21. The van der Waals surface area contributed by atoms with Gasteiger partial charge in [0.1, 0.15) is 18.1 Å². The number of nitrogens with zero attached hydrogens (tertiary/aromatic N) is 4. The molecule has 0 bridgehead atoms. The van der Waals surface area contributed by atoms with Crippen LogP contribution in [0, 0.1) is 6.92 Å². The first-order valence-electron chi connectivity index (χ1n) is 9.96. The predicted molar refractivity (Wildman–Crippen MR) is 131 cm³/mol. The Morgan fingerprint density at radius 3 is 2.64 bits per heavy atom. The number of aliphatic carboxylic acids is 1. The second kappa shape index (κ2) is 11.3. The number of benzene rings is 1. The molecule has 0 aliphatic heterocycles. The number of nitrogens with one attached hydrogen (secondary N) is 2. The maximum Gasteiger partial charge on any atom is 0.328 e. The van der Waals surface area contributed by atoms with Crippen molar-refractivity contribution in [3.63, 3.8) is 0 Å². The molecule has 3 rings (SSSR count). The Labute approximate surface area is 217 Å². The smallest absolute Gasteiger partial charge is 0.328 e. The molecule has 0 saturated heterocycles. The molecule has 3 N–H and O–H groups in total. The third kappa shape index (κ3) is 6.76. The summed E-state index contributed by atoms with van der Waals surface area (Å²) in [7, 11) is -4.15. The van der Waals surface area contributed by atoms with E-state index in [0.717, 1.165) is 20.8 Å². The van der Waals surface area contributed by atoms with Gasteiger partial charge in [-0.25, -0.2) is 17.9 Å². The van der Waals surface area contributed by atoms with E-state index in [1.54, 1.807) is 12.1 Å². The Morgan fingerprint density at radius 2 is 1.97 bits per heavy atom. The van der Waals surface area contributed by atoms with Gasteiger partial charge in [0.2, 0.25) is 10.2 Å². The molecule has 2 heterocycles. The number of halogens is 2. The van der Waals surface area contributed by atoms with Crippen LogP contribution in [0.25, 0.3) is 10.6 Å². The van der Waals surface area contributed by atoms with Gasteiger partial charge in [-0.15, -0.1) is 10.2 Å². The van der Waals surface area contributed by atoms with E-state index in [-0.39, 0.29) is 33.0 Å². The summed E-state index contributed by atoms with van der Waals surface area (Å²) in [5, 5.41) is 17.5. The van der Waals surface area contributed by atoms with E-state index < -0.39 is 46.2 Å². The van der Waals surface area contributed by atoms with Gasteiger partial charge < -0.3 is 10.0 Å². The number of carbonyl (C=O) groups is 2. The molecule has 1 amide bonds. The van der Waals surface area contributed by atoms with Crippen molar-refractivity contribution in [3.8, 4) is 10.6 Å². The fourth-order valence-electron chi connectivity index (χ4n) is 2.90. The van der Waals surface area contributed by atoms with Crippen molar-refractivity contribution in [3.05, 3.63) is 60.8 Å². The van der Waals surface area contributed by atoms with E-state index in [1.807, 2.05) is 4.98 Å². The summed E-state index contributed by atoms with van der Waals surface area (Å²) in [6.07, 6.45) is 1.17. The van der Waals surface area contributed by atoms with Crippen LogP contribution in [0.5, 0.6) is 0 Å². The van der Waals surface area contributed by atoms with Crippen molar-refractivity contribution < 1.29 is 23.1 Å². The van der Waals surface area contributed by atoms with Crippen LogP contribution in [0.1, 0.15) is 5.56 Å². The SMILES string of the molecule is Cc1cn(CC(=O)N(CCNS(=O)(=O)c2nnc(-c3ccc(Cl)cc3Cl)s2)CC(=O)O)c(=O)[nH]c1=O. The predicted octanol–water partition coefficient (Wildman–Crippen LogP) is 0.562. The Hall–Kier alpha value is -3.11. The topological polar surface area (TPSA) is 184 Å². The molecule has 192 valence electrons. The van der Waals surface area contributed by atoms with Crippen LogP contribution in [0.15, 0.2) is 38.3 Å². The summed E-state index contributed by atoms with van der Waals surface area (Å²) in [6.45, 7) is -0.537. The van der Waals surface area contributed by atoms with Crippen molar-refractivity contribution >= 4 is 56.4 Å². The zero-order valence-electron chi connectivity index (χ0n) is 18.4. The zero-order chi connectivity index (χ0) is 26.6. The lowest BCUT2D eigenvalue weighted by atomic mass is 10.2. The first kappa shape index (κ1) is 27.5. The number of H-pyrrole nitrogens is 1. The lowest BCUT2D eigenvalue weighted by molar-refractivity contribution is -0.144. The first-order chi connectivity index (χ1) is 16.9. The van der Waals surface area contributed by atoms with Crippen LogP contribution in [-0.2, 0) is 26.2 Å². The summed E-state index contributed by atoms with van der Waals surface area (Å²) in [6, 6.07) is 4.61. The number of hydrogen-bond acceptors (Lipinski definition) is 9. The molecule has 2 aromatic heterocycles. The molecular formula is C19H18Cl2N6O7S2. The highest BCUT2D eigenvalue weighted by Gasteiger charge is 2.23. The standard InChI is InChI=1S/C19H18Cl2N6O7S2/c1-10-7-27(18(32)23-16(10)31)8-14(28)26(9-15(29)30)5-4-22-36(33,34)19-25-24-17(35-19)12-3-2-11(20)6-13(12)21/h2-3,6-7,22H,4-5,8-9H2,1H3,(H,29,30)(H,23,31,32). The Morgan fingerprint density at radius 1 is 1.25 bits per heavy atom. The number of carboxylic acids is 1. The molecule has 1 aromatic carbocycles. The molecule has 0 radical (unpaired) electrons. The maximum absolute atomic E-state index is 12.6. The summed E-state index contributed by atoms with van der Waals surface area (Å²) in [5.74, 6) is -2.12. The van der Waals surface area contributed by atoms with E-state index in [4.69, 9.17) is 28.3 Å². The summed E-state index contributed by atoms with van der Waals surface area (Å²) >= 11 is 12.7. The van der Waals surface area contributed by atoms with E-state index in [2.05, 4.69) is 14.9 Å². The van der Waals surface area contributed by atoms with Crippen molar-refractivity contribution in [2.45, 2.75) is 17.8 Å². The Balaban J connectivity index is 1.69. The van der Waals surface area contributed by atoms with E-state index in [1.165, 1.54) is 19.2 Å². The second-order valence-electron chi connectivity index (χ2n) is 7.30. The van der Waals surface area contributed by atoms with Crippen LogP contribution >= 0.6 is 34.5 Å². The number of aromatic nitrogens is 4. The monoisotopic (exact) mass is 576 g/mol. The summed E-state index contributed by atoms with van der Waals surface area (Å²) in [5.41, 5.74) is -0.844. The molecule has 3 aromatic rings. The molecule has 0 fully saturated rings. The second-order valence-corrected chi connectivity index (χ2v) is 11.1. The molecular weight excluding hydrogens is 559 g/mol. The van der Waals surface area contributed by atoms with Gasteiger partial charge in [0, 0.05) is 35.4 Å². The third-order valence-electron chi connectivity index (χ3n) is 4.65. The maximum atomic E-state index is 12.6.